The van der Waals surface area contributed by atoms with Gasteiger partial charge in [0.05, 0.1) is 0 Å². The number of carbonyl (C=O) groups is 1. The Morgan fingerprint density at radius 2 is 2.05 bits per heavy atom. The maximum absolute atomic E-state index is 10.7. The van der Waals surface area contributed by atoms with Crippen molar-refractivity contribution in [1.29, 1.82) is 0 Å². The van der Waals surface area contributed by atoms with E-state index in [0.29, 0.717) is 0 Å². The van der Waals surface area contributed by atoms with Crippen molar-refractivity contribution in [2.45, 2.75) is 12.8 Å². The molecule has 1 atom stereocenters. The van der Waals surface area contributed by atoms with Crippen LogP contribution in [0.2, 0.25) is 0 Å². The van der Waals surface area contributed by atoms with Gasteiger partial charge in [0.1, 0.15) is 5.75 Å². The number of benzene rings is 1. The summed E-state index contributed by atoms with van der Waals surface area (Å²) >= 11 is 3.33. The molecule has 0 fully saturated rings. The molecule has 20 heavy (non-hydrogen) atoms. The highest BCUT2D eigenvalue weighted by atomic mass is 79.9. The molecule has 0 bridgehead atoms. The number of phenols is 1. The first-order valence-electron chi connectivity index (χ1n) is 6.23. The minimum atomic E-state index is -1.05. The molecule has 0 aromatic heterocycles. The fraction of sp³-hybridized carbons (Fsp3) is 0.267. The molecule has 0 saturated carbocycles. The van der Waals surface area contributed by atoms with Crippen LogP contribution in [-0.4, -0.2) is 28.2 Å². The van der Waals surface area contributed by atoms with Crippen molar-refractivity contribution < 1.29 is 15.0 Å². The van der Waals surface area contributed by atoms with E-state index in [1.165, 1.54) is 0 Å². The van der Waals surface area contributed by atoms with E-state index >= 15 is 0 Å². The summed E-state index contributed by atoms with van der Waals surface area (Å²) in [5, 5.41) is 21.3. The van der Waals surface area contributed by atoms with Crippen molar-refractivity contribution in [3.63, 3.8) is 0 Å². The van der Waals surface area contributed by atoms with Gasteiger partial charge < -0.3 is 15.5 Å². The average Bonchev–Trinajstić information content (AvgIpc) is 2.43. The van der Waals surface area contributed by atoms with Crippen LogP contribution in [0.1, 0.15) is 18.4 Å². The summed E-state index contributed by atoms with van der Waals surface area (Å²) < 4.78 is 0. The second-order valence-electron chi connectivity index (χ2n) is 4.18. The molecule has 0 spiro atoms. The lowest BCUT2D eigenvalue weighted by molar-refractivity contribution is 0.194. The fourth-order valence-electron chi connectivity index (χ4n) is 1.92. The Balaban J connectivity index is 3.03. The Morgan fingerprint density at radius 3 is 2.55 bits per heavy atom. The van der Waals surface area contributed by atoms with Crippen LogP contribution >= 0.6 is 15.9 Å². The van der Waals surface area contributed by atoms with Gasteiger partial charge in [-0.1, -0.05) is 46.3 Å². The van der Waals surface area contributed by atoms with Gasteiger partial charge >= 0.3 is 6.09 Å². The molecule has 1 aromatic rings. The van der Waals surface area contributed by atoms with Gasteiger partial charge in [-0.2, -0.15) is 0 Å². The second-order valence-corrected chi connectivity index (χ2v) is 4.82. The number of amides is 1. The molecule has 0 aliphatic heterocycles. The van der Waals surface area contributed by atoms with Crippen molar-refractivity contribution in [2.24, 2.45) is 0 Å². The summed E-state index contributed by atoms with van der Waals surface area (Å²) in [6, 6.07) is 6.80. The summed E-state index contributed by atoms with van der Waals surface area (Å²) in [6.07, 6.45) is 4.84. The van der Waals surface area contributed by atoms with E-state index in [0.717, 1.165) is 16.5 Å². The minimum absolute atomic E-state index is 0.0907. The number of rotatable bonds is 6. The lowest BCUT2D eigenvalue weighted by Gasteiger charge is -2.19. The van der Waals surface area contributed by atoms with Crippen LogP contribution in [0, 0.1) is 0 Å². The number of nitrogens with one attached hydrogen (secondary N) is 1. The van der Waals surface area contributed by atoms with Crippen molar-refractivity contribution in [1.82, 2.24) is 5.32 Å². The lowest BCUT2D eigenvalue weighted by Crippen LogP contribution is -2.27. The quantitative estimate of drug-likeness (QED) is 0.547. The highest BCUT2D eigenvalue weighted by Crippen LogP contribution is 2.26. The van der Waals surface area contributed by atoms with Gasteiger partial charge in [-0.15, -0.1) is 0 Å². The number of carboxylic acid groups (broad SMARTS) is 1. The van der Waals surface area contributed by atoms with Gasteiger partial charge in [0, 0.05) is 17.8 Å². The molecule has 0 aliphatic rings. The Bertz CT molecular complexity index is 494. The third-order valence-corrected chi connectivity index (χ3v) is 3.26. The molecule has 0 radical (unpaired) electrons. The Hall–Kier alpha value is -1.75. The molecule has 1 aromatic carbocycles. The maximum Gasteiger partial charge on any atom is 0.404 e. The molecular weight excluding hydrogens is 322 g/mol. The monoisotopic (exact) mass is 339 g/mol. The van der Waals surface area contributed by atoms with E-state index in [1.54, 1.807) is 24.3 Å². The normalized spacial score (nSPS) is 13.4. The molecule has 5 heteroatoms. The van der Waals surface area contributed by atoms with E-state index < -0.39 is 6.09 Å². The molecule has 1 amide bonds. The number of allylic oxidation sites excluding steroid dienone is 3. The third kappa shape index (κ3) is 5.09. The van der Waals surface area contributed by atoms with Crippen LogP contribution in [0.5, 0.6) is 5.75 Å². The molecule has 3 N–H and O–H groups in total. The fourth-order valence-corrected chi connectivity index (χ4v) is 2.11. The van der Waals surface area contributed by atoms with Crippen molar-refractivity contribution in [3.05, 3.63) is 53.6 Å². The van der Waals surface area contributed by atoms with Crippen molar-refractivity contribution >= 4 is 22.0 Å². The van der Waals surface area contributed by atoms with E-state index in [1.807, 2.05) is 25.2 Å². The predicted molar refractivity (Wildman–Crippen MR) is 83.6 cm³/mol. The number of hydrogen-bond donors (Lipinski definition) is 3. The number of hydrogen-bond acceptors (Lipinski definition) is 2. The molecule has 108 valence electrons. The van der Waals surface area contributed by atoms with Gasteiger partial charge in [0.2, 0.25) is 0 Å². The van der Waals surface area contributed by atoms with E-state index in [9.17, 15) is 9.90 Å². The van der Waals surface area contributed by atoms with Crippen LogP contribution in [0.4, 0.5) is 4.79 Å². The zero-order valence-electron chi connectivity index (χ0n) is 11.2. The molecular formula is C15H18BrNO3. The first-order valence-corrected chi connectivity index (χ1v) is 7.35. The summed E-state index contributed by atoms with van der Waals surface area (Å²) in [5.41, 5.74) is 1.97. The standard InChI is InChI=1S/C15H18BrNO3/c1-2-11(4-3-9-16)14(10-17-15(19)20)12-5-7-13(18)8-6-12/h2-8,14,17-18H,9-10H2,1H3,(H,19,20)/b4-3-,11-2+. The van der Waals surface area contributed by atoms with E-state index in [-0.39, 0.29) is 18.2 Å². The van der Waals surface area contributed by atoms with Crippen molar-refractivity contribution in [2.75, 3.05) is 11.9 Å². The Labute approximate surface area is 127 Å². The molecule has 4 nitrogen and oxygen atoms in total. The van der Waals surface area contributed by atoms with Crippen LogP contribution in [0.25, 0.3) is 0 Å². The predicted octanol–water partition coefficient (Wildman–Crippen LogP) is 3.64. The van der Waals surface area contributed by atoms with Gasteiger partial charge in [-0.05, 0) is 30.2 Å². The zero-order chi connectivity index (χ0) is 15.0. The number of aromatic hydroxyl groups is 1. The lowest BCUT2D eigenvalue weighted by atomic mass is 9.90. The third-order valence-electron chi connectivity index (χ3n) is 2.89. The summed E-state index contributed by atoms with van der Waals surface area (Å²) in [5.74, 6) is 0.101. The van der Waals surface area contributed by atoms with Gasteiger partial charge in [0.15, 0.2) is 0 Å². The van der Waals surface area contributed by atoms with Crippen LogP contribution in [0.3, 0.4) is 0 Å². The molecule has 0 aliphatic carbocycles. The first kappa shape index (κ1) is 16.3. The van der Waals surface area contributed by atoms with Crippen LogP contribution in [-0.2, 0) is 0 Å². The summed E-state index contributed by atoms with van der Waals surface area (Å²) in [7, 11) is 0. The van der Waals surface area contributed by atoms with Crippen LogP contribution in [0.15, 0.2) is 48.1 Å². The minimum Gasteiger partial charge on any atom is -0.508 e. The topological polar surface area (TPSA) is 69.6 Å². The SMILES string of the molecule is C/C=C(\C=C/CBr)C(CNC(=O)O)c1ccc(O)cc1. The number of phenolic OH excluding ortho intramolecular Hbond substituents is 1. The zero-order valence-corrected chi connectivity index (χ0v) is 12.8. The average molecular weight is 340 g/mol. The maximum atomic E-state index is 10.7. The summed E-state index contributed by atoms with van der Waals surface area (Å²) in [6.45, 7) is 2.20. The molecule has 0 saturated heterocycles. The van der Waals surface area contributed by atoms with Gasteiger partial charge in [-0.25, -0.2) is 4.79 Å². The Morgan fingerprint density at radius 1 is 1.40 bits per heavy atom. The Kier molecular flexibility index (Phi) is 6.87. The first-order chi connectivity index (χ1) is 9.58. The van der Waals surface area contributed by atoms with Gasteiger partial charge in [-0.3, -0.25) is 0 Å². The van der Waals surface area contributed by atoms with Crippen molar-refractivity contribution in [3.8, 4) is 5.75 Å². The molecule has 0 heterocycles. The second kappa shape index (κ2) is 8.43. The smallest absolute Gasteiger partial charge is 0.404 e. The van der Waals surface area contributed by atoms with E-state index in [4.69, 9.17) is 5.11 Å². The van der Waals surface area contributed by atoms with E-state index in [2.05, 4.69) is 21.2 Å². The number of halogens is 1. The highest BCUT2D eigenvalue weighted by Gasteiger charge is 2.15. The largest absolute Gasteiger partial charge is 0.508 e. The highest BCUT2D eigenvalue weighted by molar-refractivity contribution is 9.09. The van der Waals surface area contributed by atoms with Gasteiger partial charge in [0.25, 0.3) is 0 Å². The molecule has 1 unspecified atom stereocenters. The molecule has 1 rings (SSSR count). The summed E-state index contributed by atoms with van der Waals surface area (Å²) in [4.78, 5) is 10.7. The van der Waals surface area contributed by atoms with Crippen LogP contribution < -0.4 is 5.32 Å². The number of alkyl halides is 1.